The van der Waals surface area contributed by atoms with Gasteiger partial charge in [-0.15, -0.1) is 0 Å². The molecule has 1 N–H and O–H groups in total. The standard InChI is InChI=1S/C23H21F2N3O2/c1-6-16(13-26-14(2)3)7-8-17-19(24)9-10-20(21(17)25)28-22(29)18-11-15(4)12-27-23(18)30-5/h6,9-13H,1H2,2-5H3,(H,28,29)/b16-13+. The third-order valence-corrected chi connectivity index (χ3v) is 3.78. The van der Waals surface area contributed by atoms with Gasteiger partial charge in [-0.25, -0.2) is 13.8 Å². The molecule has 0 unspecified atom stereocenters. The van der Waals surface area contributed by atoms with Gasteiger partial charge in [0, 0.05) is 23.7 Å². The monoisotopic (exact) mass is 409 g/mol. The van der Waals surface area contributed by atoms with Gasteiger partial charge in [0.15, 0.2) is 5.82 Å². The van der Waals surface area contributed by atoms with Crippen molar-refractivity contribution in [1.29, 1.82) is 0 Å². The largest absolute Gasteiger partial charge is 0.480 e. The number of anilines is 1. The van der Waals surface area contributed by atoms with E-state index in [9.17, 15) is 13.6 Å². The highest BCUT2D eigenvalue weighted by atomic mass is 19.1. The van der Waals surface area contributed by atoms with Crippen molar-refractivity contribution in [2.75, 3.05) is 12.4 Å². The number of carbonyl (C=O) groups is 1. The van der Waals surface area contributed by atoms with E-state index in [1.807, 2.05) is 0 Å². The van der Waals surface area contributed by atoms with Crippen molar-refractivity contribution in [1.82, 2.24) is 4.98 Å². The zero-order valence-electron chi connectivity index (χ0n) is 17.1. The van der Waals surface area contributed by atoms with E-state index in [2.05, 4.69) is 33.7 Å². The van der Waals surface area contributed by atoms with Crippen molar-refractivity contribution in [2.24, 2.45) is 4.99 Å². The Morgan fingerprint density at radius 2 is 2.07 bits per heavy atom. The molecule has 0 atom stereocenters. The number of ether oxygens (including phenoxy) is 1. The molecule has 1 heterocycles. The summed E-state index contributed by atoms with van der Waals surface area (Å²) in [6.45, 7) is 8.96. The number of amides is 1. The fourth-order valence-electron chi connectivity index (χ4n) is 2.30. The van der Waals surface area contributed by atoms with Gasteiger partial charge in [0.05, 0.1) is 18.4 Å². The summed E-state index contributed by atoms with van der Waals surface area (Å²) in [6.07, 6.45) is 4.42. The van der Waals surface area contributed by atoms with E-state index < -0.39 is 23.1 Å². The number of hydrogen-bond donors (Lipinski definition) is 1. The maximum Gasteiger partial charge on any atom is 0.261 e. The third-order valence-electron chi connectivity index (χ3n) is 3.78. The summed E-state index contributed by atoms with van der Waals surface area (Å²) in [7, 11) is 1.37. The lowest BCUT2D eigenvalue weighted by Crippen LogP contribution is -2.15. The smallest absolute Gasteiger partial charge is 0.261 e. The summed E-state index contributed by atoms with van der Waals surface area (Å²) in [4.78, 5) is 20.7. The molecule has 2 aromatic rings. The maximum absolute atomic E-state index is 14.9. The number of halogens is 2. The van der Waals surface area contributed by atoms with Gasteiger partial charge < -0.3 is 10.1 Å². The highest BCUT2D eigenvalue weighted by Gasteiger charge is 2.18. The van der Waals surface area contributed by atoms with E-state index in [4.69, 9.17) is 4.74 Å². The molecule has 154 valence electrons. The number of aromatic nitrogens is 1. The van der Waals surface area contributed by atoms with Crippen LogP contribution >= 0.6 is 0 Å². The molecular weight excluding hydrogens is 388 g/mol. The average molecular weight is 409 g/mol. The van der Waals surface area contributed by atoms with Crippen molar-refractivity contribution < 1.29 is 18.3 Å². The number of aliphatic imine (C=N–C) groups is 1. The molecule has 0 saturated carbocycles. The summed E-state index contributed by atoms with van der Waals surface area (Å²) in [5, 5.41) is 2.41. The number of benzene rings is 1. The number of carbonyl (C=O) groups excluding carboxylic acids is 1. The van der Waals surface area contributed by atoms with E-state index in [1.54, 1.807) is 26.8 Å². The normalized spacial score (nSPS) is 10.5. The number of allylic oxidation sites excluding steroid dienone is 2. The molecule has 30 heavy (non-hydrogen) atoms. The van der Waals surface area contributed by atoms with Gasteiger partial charge in [-0.05, 0) is 44.5 Å². The van der Waals surface area contributed by atoms with Crippen LogP contribution in [0.25, 0.3) is 0 Å². The third kappa shape index (κ3) is 5.61. The van der Waals surface area contributed by atoms with Crippen LogP contribution in [0.15, 0.2) is 53.8 Å². The highest BCUT2D eigenvalue weighted by Crippen LogP contribution is 2.23. The molecule has 0 aliphatic rings. The zero-order chi connectivity index (χ0) is 22.3. The Hall–Kier alpha value is -3.79. The van der Waals surface area contributed by atoms with Crippen LogP contribution in [-0.4, -0.2) is 23.7 Å². The minimum atomic E-state index is -0.992. The number of pyridine rings is 1. The van der Waals surface area contributed by atoms with E-state index in [-0.39, 0.29) is 17.1 Å². The summed E-state index contributed by atoms with van der Waals surface area (Å²) < 4.78 is 34.1. The van der Waals surface area contributed by atoms with Crippen molar-refractivity contribution in [2.45, 2.75) is 20.8 Å². The van der Waals surface area contributed by atoms with Crippen LogP contribution in [0, 0.1) is 30.4 Å². The molecule has 7 heteroatoms. The van der Waals surface area contributed by atoms with E-state index in [0.717, 1.165) is 23.4 Å². The summed E-state index contributed by atoms with van der Waals surface area (Å²) in [5.74, 6) is 2.67. The molecule has 0 fully saturated rings. The summed E-state index contributed by atoms with van der Waals surface area (Å²) in [5.41, 5.74) is 1.33. The molecule has 5 nitrogen and oxygen atoms in total. The maximum atomic E-state index is 14.9. The molecule has 0 radical (unpaired) electrons. The van der Waals surface area contributed by atoms with Gasteiger partial charge in [0.25, 0.3) is 5.91 Å². The van der Waals surface area contributed by atoms with Crippen LogP contribution in [-0.2, 0) is 0 Å². The first kappa shape index (κ1) is 22.5. The Balaban J connectivity index is 2.40. The van der Waals surface area contributed by atoms with E-state index in [1.165, 1.54) is 25.6 Å². The Kier molecular flexibility index (Phi) is 7.59. The first-order chi connectivity index (χ1) is 14.3. The number of nitrogens with one attached hydrogen (secondary N) is 1. The molecule has 1 aromatic carbocycles. The van der Waals surface area contributed by atoms with Gasteiger partial charge in [-0.1, -0.05) is 24.5 Å². The number of hydrogen-bond acceptors (Lipinski definition) is 4. The number of rotatable bonds is 5. The van der Waals surface area contributed by atoms with Gasteiger partial charge in [-0.3, -0.25) is 9.79 Å². The molecule has 1 aromatic heterocycles. The van der Waals surface area contributed by atoms with Crippen LogP contribution in [0.1, 0.15) is 35.3 Å². The van der Waals surface area contributed by atoms with E-state index >= 15 is 0 Å². The minimum Gasteiger partial charge on any atom is -0.480 e. The van der Waals surface area contributed by atoms with Gasteiger partial charge in [0.1, 0.15) is 11.4 Å². The van der Waals surface area contributed by atoms with Crippen molar-refractivity contribution in [3.05, 3.63) is 77.1 Å². The molecule has 0 aliphatic carbocycles. The predicted octanol–water partition coefficient (Wildman–Crippen LogP) is 4.83. The average Bonchev–Trinajstić information content (AvgIpc) is 2.71. The SMILES string of the molecule is C=C/C(C#Cc1c(F)ccc(NC(=O)c2cc(C)cnc2OC)c1F)=C\N=C(C)C. The predicted molar refractivity (Wildman–Crippen MR) is 114 cm³/mol. The lowest BCUT2D eigenvalue weighted by atomic mass is 10.1. The molecule has 0 saturated heterocycles. The van der Waals surface area contributed by atoms with Crippen molar-refractivity contribution in [3.63, 3.8) is 0 Å². The fraction of sp³-hybridized carbons (Fsp3) is 0.174. The first-order valence-electron chi connectivity index (χ1n) is 8.92. The lowest BCUT2D eigenvalue weighted by molar-refractivity contribution is 0.102. The molecule has 1 amide bonds. The zero-order valence-corrected chi connectivity index (χ0v) is 17.1. The quantitative estimate of drug-likeness (QED) is 0.437. The number of aryl methyl sites for hydroxylation is 1. The Bertz CT molecular complexity index is 1110. The second-order valence-electron chi connectivity index (χ2n) is 6.42. The Morgan fingerprint density at radius 1 is 1.33 bits per heavy atom. The topological polar surface area (TPSA) is 63.6 Å². The van der Waals surface area contributed by atoms with Crippen LogP contribution in [0.2, 0.25) is 0 Å². The molecule has 0 bridgehead atoms. The Morgan fingerprint density at radius 3 is 2.70 bits per heavy atom. The van der Waals surface area contributed by atoms with Crippen LogP contribution < -0.4 is 10.1 Å². The molecule has 0 aliphatic heterocycles. The number of nitrogens with zero attached hydrogens (tertiary/aromatic N) is 2. The van der Waals surface area contributed by atoms with Gasteiger partial charge in [0.2, 0.25) is 5.88 Å². The second-order valence-corrected chi connectivity index (χ2v) is 6.42. The van der Waals surface area contributed by atoms with Crippen LogP contribution in [0.3, 0.4) is 0 Å². The second kappa shape index (κ2) is 10.1. The molecule has 0 spiro atoms. The van der Waals surface area contributed by atoms with Crippen molar-refractivity contribution in [3.8, 4) is 17.7 Å². The highest BCUT2D eigenvalue weighted by molar-refractivity contribution is 6.06. The lowest BCUT2D eigenvalue weighted by Gasteiger charge is -2.11. The minimum absolute atomic E-state index is 0.0909. The molecule has 2 rings (SSSR count). The summed E-state index contributed by atoms with van der Waals surface area (Å²) in [6, 6.07) is 3.71. The number of methoxy groups -OCH3 is 1. The van der Waals surface area contributed by atoms with Crippen LogP contribution in [0.4, 0.5) is 14.5 Å². The van der Waals surface area contributed by atoms with Gasteiger partial charge >= 0.3 is 0 Å². The van der Waals surface area contributed by atoms with Crippen LogP contribution in [0.5, 0.6) is 5.88 Å². The van der Waals surface area contributed by atoms with Gasteiger partial charge in [-0.2, -0.15) is 0 Å². The first-order valence-corrected chi connectivity index (χ1v) is 8.92. The van der Waals surface area contributed by atoms with E-state index in [0.29, 0.717) is 5.57 Å². The Labute approximate surface area is 174 Å². The fourth-order valence-corrected chi connectivity index (χ4v) is 2.30. The summed E-state index contributed by atoms with van der Waals surface area (Å²) >= 11 is 0. The molecular formula is C23H21F2N3O2. The van der Waals surface area contributed by atoms with Crippen molar-refractivity contribution >= 4 is 17.3 Å².